The molecule has 1 saturated heterocycles. The fourth-order valence-corrected chi connectivity index (χ4v) is 2.59. The van der Waals surface area contributed by atoms with Crippen molar-refractivity contribution in [1.82, 2.24) is 4.90 Å². The van der Waals surface area contributed by atoms with Crippen LogP contribution in [0.1, 0.15) is 31.4 Å². The van der Waals surface area contributed by atoms with Gasteiger partial charge in [0.2, 0.25) is 11.8 Å². The summed E-state index contributed by atoms with van der Waals surface area (Å²) in [6, 6.07) is 6.08. The predicted molar refractivity (Wildman–Crippen MR) is 79.5 cm³/mol. The predicted octanol–water partition coefficient (Wildman–Crippen LogP) is 2.50. The minimum atomic E-state index is -0.245. The third-order valence-corrected chi connectivity index (χ3v) is 3.79. The molecule has 1 fully saturated rings. The van der Waals surface area contributed by atoms with Crippen LogP contribution in [0, 0.1) is 19.8 Å². The molecule has 0 bridgehead atoms. The highest BCUT2D eigenvalue weighted by atomic mass is 16.2. The maximum absolute atomic E-state index is 12.3. The van der Waals surface area contributed by atoms with E-state index < -0.39 is 0 Å². The summed E-state index contributed by atoms with van der Waals surface area (Å²) < 4.78 is 0. The zero-order valence-corrected chi connectivity index (χ0v) is 12.6. The molecule has 1 atom stereocenters. The van der Waals surface area contributed by atoms with E-state index in [1.165, 1.54) is 5.56 Å². The number of likely N-dealkylation sites (tertiary alicyclic amines) is 1. The lowest BCUT2D eigenvalue weighted by molar-refractivity contribution is -0.129. The lowest BCUT2D eigenvalue weighted by atomic mass is 10.1. The summed E-state index contributed by atoms with van der Waals surface area (Å²) in [6.45, 7) is 8.47. The summed E-state index contributed by atoms with van der Waals surface area (Å²) in [5, 5.41) is 2.94. The van der Waals surface area contributed by atoms with Crippen LogP contribution >= 0.6 is 0 Å². The first-order valence-electron chi connectivity index (χ1n) is 7.06. The Labute approximate surface area is 120 Å². The van der Waals surface area contributed by atoms with Gasteiger partial charge in [0.25, 0.3) is 0 Å². The number of rotatable bonds is 3. The zero-order chi connectivity index (χ0) is 14.9. The number of aryl methyl sites for hydroxylation is 2. The Hall–Kier alpha value is -1.84. The summed E-state index contributed by atoms with van der Waals surface area (Å²) in [5.74, 6) is -0.236. The van der Waals surface area contributed by atoms with Crippen molar-refractivity contribution in [2.45, 2.75) is 40.2 Å². The number of hydrogen-bond donors (Lipinski definition) is 1. The number of carbonyl (C=O) groups excluding carboxylic acids is 2. The Morgan fingerprint density at radius 1 is 1.35 bits per heavy atom. The topological polar surface area (TPSA) is 49.4 Å². The fourth-order valence-electron chi connectivity index (χ4n) is 2.59. The molecule has 2 amide bonds. The van der Waals surface area contributed by atoms with Gasteiger partial charge in [-0.05, 0) is 39.3 Å². The van der Waals surface area contributed by atoms with E-state index in [9.17, 15) is 9.59 Å². The molecule has 0 saturated carbocycles. The van der Waals surface area contributed by atoms with E-state index in [0.717, 1.165) is 11.3 Å². The third-order valence-electron chi connectivity index (χ3n) is 3.79. The van der Waals surface area contributed by atoms with E-state index in [1.807, 2.05) is 45.9 Å². The van der Waals surface area contributed by atoms with Crippen LogP contribution in [0.3, 0.4) is 0 Å². The molecular formula is C16H22N2O2. The number of nitrogens with one attached hydrogen (secondary N) is 1. The van der Waals surface area contributed by atoms with Gasteiger partial charge in [0.1, 0.15) is 0 Å². The largest absolute Gasteiger partial charge is 0.339 e. The van der Waals surface area contributed by atoms with E-state index in [2.05, 4.69) is 5.32 Å². The first kappa shape index (κ1) is 14.6. The van der Waals surface area contributed by atoms with Gasteiger partial charge in [-0.25, -0.2) is 0 Å². The SMILES string of the molecule is Cc1ccc(NC(=O)C2CC(=O)N(C(C)C)C2)c(C)c1. The average Bonchev–Trinajstić information content (AvgIpc) is 2.75. The standard InChI is InChI=1S/C16H22N2O2/c1-10(2)18-9-13(8-15(18)19)16(20)17-14-6-5-11(3)7-12(14)4/h5-7,10,13H,8-9H2,1-4H3,(H,17,20). The second-order valence-electron chi connectivity index (χ2n) is 5.85. The number of carbonyl (C=O) groups is 2. The lowest BCUT2D eigenvalue weighted by Gasteiger charge is -2.20. The molecular weight excluding hydrogens is 252 g/mol. The molecule has 2 rings (SSSR count). The first-order valence-corrected chi connectivity index (χ1v) is 7.06. The van der Waals surface area contributed by atoms with E-state index in [4.69, 9.17) is 0 Å². The van der Waals surface area contributed by atoms with Crippen LogP contribution in [0.2, 0.25) is 0 Å². The highest BCUT2D eigenvalue weighted by molar-refractivity contribution is 5.97. The van der Waals surface area contributed by atoms with Crippen molar-refractivity contribution in [3.63, 3.8) is 0 Å². The Bertz CT molecular complexity index is 537. The van der Waals surface area contributed by atoms with Gasteiger partial charge in [0.15, 0.2) is 0 Å². The second-order valence-corrected chi connectivity index (χ2v) is 5.85. The normalized spacial score (nSPS) is 18.8. The van der Waals surface area contributed by atoms with Crippen molar-refractivity contribution in [3.8, 4) is 0 Å². The average molecular weight is 274 g/mol. The first-order chi connectivity index (χ1) is 9.38. The van der Waals surface area contributed by atoms with Crippen LogP contribution in [0.15, 0.2) is 18.2 Å². The summed E-state index contributed by atoms with van der Waals surface area (Å²) in [7, 11) is 0. The van der Waals surface area contributed by atoms with Gasteiger partial charge in [-0.15, -0.1) is 0 Å². The van der Waals surface area contributed by atoms with Crippen molar-refractivity contribution in [3.05, 3.63) is 29.3 Å². The minimum Gasteiger partial charge on any atom is -0.339 e. The maximum Gasteiger partial charge on any atom is 0.229 e. The van der Waals surface area contributed by atoms with E-state index >= 15 is 0 Å². The summed E-state index contributed by atoms with van der Waals surface area (Å²) >= 11 is 0. The molecule has 1 heterocycles. The molecule has 0 aliphatic carbocycles. The number of benzene rings is 1. The molecule has 0 aromatic heterocycles. The molecule has 108 valence electrons. The van der Waals surface area contributed by atoms with Gasteiger partial charge in [-0.3, -0.25) is 9.59 Å². The van der Waals surface area contributed by atoms with E-state index in [-0.39, 0.29) is 23.8 Å². The highest BCUT2D eigenvalue weighted by Crippen LogP contribution is 2.23. The van der Waals surface area contributed by atoms with Gasteiger partial charge < -0.3 is 10.2 Å². The Morgan fingerprint density at radius 2 is 2.05 bits per heavy atom. The molecule has 1 N–H and O–H groups in total. The molecule has 1 unspecified atom stereocenters. The second kappa shape index (κ2) is 5.65. The molecule has 4 heteroatoms. The molecule has 4 nitrogen and oxygen atoms in total. The highest BCUT2D eigenvalue weighted by Gasteiger charge is 2.35. The van der Waals surface area contributed by atoms with Crippen LogP contribution in [-0.4, -0.2) is 29.3 Å². The van der Waals surface area contributed by atoms with Crippen LogP contribution in [-0.2, 0) is 9.59 Å². The van der Waals surface area contributed by atoms with Crippen LogP contribution in [0.25, 0.3) is 0 Å². The van der Waals surface area contributed by atoms with Crippen molar-refractivity contribution < 1.29 is 9.59 Å². The van der Waals surface area contributed by atoms with Gasteiger partial charge >= 0.3 is 0 Å². The van der Waals surface area contributed by atoms with Gasteiger partial charge in [-0.2, -0.15) is 0 Å². The lowest BCUT2D eigenvalue weighted by Crippen LogP contribution is -2.33. The molecule has 1 aromatic carbocycles. The molecule has 1 aliphatic rings. The Kier molecular flexibility index (Phi) is 4.12. The molecule has 0 radical (unpaired) electrons. The van der Waals surface area contributed by atoms with Gasteiger partial charge in [0, 0.05) is 24.7 Å². The van der Waals surface area contributed by atoms with Gasteiger partial charge in [-0.1, -0.05) is 17.7 Å². The maximum atomic E-state index is 12.3. The number of hydrogen-bond acceptors (Lipinski definition) is 2. The van der Waals surface area contributed by atoms with E-state index in [1.54, 1.807) is 4.90 Å². The number of nitrogens with zero attached hydrogens (tertiary/aromatic N) is 1. The zero-order valence-electron chi connectivity index (χ0n) is 12.6. The smallest absolute Gasteiger partial charge is 0.229 e. The molecule has 20 heavy (non-hydrogen) atoms. The molecule has 0 spiro atoms. The summed E-state index contributed by atoms with van der Waals surface area (Å²) in [6.07, 6.45) is 0.314. The molecule has 1 aromatic rings. The van der Waals surface area contributed by atoms with Crippen molar-refractivity contribution in [2.24, 2.45) is 5.92 Å². The van der Waals surface area contributed by atoms with Crippen molar-refractivity contribution in [1.29, 1.82) is 0 Å². The van der Waals surface area contributed by atoms with Crippen molar-refractivity contribution >= 4 is 17.5 Å². The monoisotopic (exact) mass is 274 g/mol. The minimum absolute atomic E-state index is 0.0616. The summed E-state index contributed by atoms with van der Waals surface area (Å²) in [5.41, 5.74) is 3.04. The number of anilines is 1. The van der Waals surface area contributed by atoms with Crippen LogP contribution < -0.4 is 5.32 Å². The van der Waals surface area contributed by atoms with Crippen molar-refractivity contribution in [2.75, 3.05) is 11.9 Å². The quantitative estimate of drug-likeness (QED) is 0.920. The van der Waals surface area contributed by atoms with Crippen LogP contribution in [0.4, 0.5) is 5.69 Å². The van der Waals surface area contributed by atoms with Crippen LogP contribution in [0.5, 0.6) is 0 Å². The van der Waals surface area contributed by atoms with E-state index in [0.29, 0.717) is 13.0 Å². The molecule has 1 aliphatic heterocycles. The van der Waals surface area contributed by atoms with Gasteiger partial charge in [0.05, 0.1) is 5.92 Å². The summed E-state index contributed by atoms with van der Waals surface area (Å²) in [4.78, 5) is 25.9. The fraction of sp³-hybridized carbons (Fsp3) is 0.500. The third kappa shape index (κ3) is 3.00. The Morgan fingerprint density at radius 3 is 2.60 bits per heavy atom. The number of amides is 2. The Balaban J connectivity index is 2.04.